The molecular weight excluding hydrogens is 831 g/mol. The Bertz CT molecular complexity index is 995. The van der Waals surface area contributed by atoms with Gasteiger partial charge in [0.1, 0.15) is 0 Å². The maximum Gasteiger partial charge on any atom is 0.307 e. The number of hydrogen-bond acceptors (Lipinski definition) is 11. The van der Waals surface area contributed by atoms with Crippen molar-refractivity contribution in [2.24, 2.45) is 23.7 Å². The fraction of sp³-hybridized carbons (Fsp3) is 0.927. The quantitative estimate of drug-likeness (QED) is 0.0330. The predicted molar refractivity (Wildman–Crippen MR) is 274 cm³/mol. The molecule has 4 unspecified atom stereocenters. The molecule has 66 heavy (non-hydrogen) atoms. The predicted octanol–water partition coefficient (Wildman–Crippen LogP) is 12.5. The van der Waals surface area contributed by atoms with Crippen LogP contribution in [-0.4, -0.2) is 124 Å². The summed E-state index contributed by atoms with van der Waals surface area (Å²) in [5.74, 6) is 2.28. The van der Waals surface area contributed by atoms with Crippen molar-refractivity contribution in [2.75, 3.05) is 85.8 Å². The summed E-state index contributed by atoms with van der Waals surface area (Å²) in [6, 6.07) is 0. The first-order valence-electron chi connectivity index (χ1n) is 27.6. The van der Waals surface area contributed by atoms with E-state index in [9.17, 15) is 19.2 Å². The van der Waals surface area contributed by atoms with Crippen molar-refractivity contribution >= 4 is 23.9 Å². The van der Waals surface area contributed by atoms with Crippen LogP contribution in [0.2, 0.25) is 0 Å². The van der Waals surface area contributed by atoms with E-state index in [2.05, 4.69) is 77.1 Å². The maximum atomic E-state index is 12.7. The van der Waals surface area contributed by atoms with Gasteiger partial charge in [-0.1, -0.05) is 158 Å². The van der Waals surface area contributed by atoms with Crippen molar-refractivity contribution in [3.8, 4) is 0 Å². The highest BCUT2D eigenvalue weighted by Gasteiger charge is 2.16. The summed E-state index contributed by atoms with van der Waals surface area (Å²) in [7, 11) is 2.12. The first-order valence-corrected chi connectivity index (χ1v) is 27.6. The molecule has 11 heteroatoms. The average Bonchev–Trinajstić information content (AvgIpc) is 3.31. The van der Waals surface area contributed by atoms with Gasteiger partial charge in [0, 0.05) is 26.2 Å². The molecule has 0 saturated heterocycles. The van der Waals surface area contributed by atoms with Crippen LogP contribution in [0.5, 0.6) is 0 Å². The number of ether oxygens (including phenoxy) is 4. The molecule has 11 nitrogen and oxygen atoms in total. The third-order valence-electron chi connectivity index (χ3n) is 13.8. The van der Waals surface area contributed by atoms with Gasteiger partial charge in [0.05, 0.1) is 52.1 Å². The summed E-state index contributed by atoms with van der Waals surface area (Å²) >= 11 is 0. The Hall–Kier alpha value is -2.24. The van der Waals surface area contributed by atoms with E-state index in [0.717, 1.165) is 114 Å². The van der Waals surface area contributed by atoms with Crippen LogP contribution in [0.25, 0.3) is 0 Å². The van der Waals surface area contributed by atoms with Gasteiger partial charge in [0.25, 0.3) is 0 Å². The first kappa shape index (κ1) is 63.8. The molecule has 0 heterocycles. The number of carbonyl (C=O) groups is 4. The van der Waals surface area contributed by atoms with Crippen LogP contribution in [0, 0.1) is 23.7 Å². The molecule has 0 amide bonds. The van der Waals surface area contributed by atoms with E-state index in [4.69, 9.17) is 18.9 Å². The second-order valence-electron chi connectivity index (χ2n) is 20.0. The third-order valence-corrected chi connectivity index (χ3v) is 13.8. The highest BCUT2D eigenvalue weighted by Crippen LogP contribution is 2.15. The van der Waals surface area contributed by atoms with Gasteiger partial charge >= 0.3 is 23.9 Å². The second kappa shape index (κ2) is 45.2. The zero-order valence-electron chi connectivity index (χ0n) is 44.8. The Labute approximate surface area is 407 Å². The number of hydrogen-bond donors (Lipinski definition) is 0. The molecule has 390 valence electrons. The van der Waals surface area contributed by atoms with Gasteiger partial charge in [-0.25, -0.2) is 0 Å². The van der Waals surface area contributed by atoms with Crippen LogP contribution in [0.15, 0.2) is 0 Å². The monoisotopic (exact) mass is 938 g/mol. The zero-order chi connectivity index (χ0) is 49.0. The molecule has 0 aromatic heterocycles. The van der Waals surface area contributed by atoms with Gasteiger partial charge in [-0.15, -0.1) is 0 Å². The summed E-state index contributed by atoms with van der Waals surface area (Å²) in [5.41, 5.74) is 0. The Morgan fingerprint density at radius 1 is 0.333 bits per heavy atom. The van der Waals surface area contributed by atoms with Crippen molar-refractivity contribution in [1.29, 1.82) is 0 Å². The lowest BCUT2D eigenvalue weighted by Crippen LogP contribution is -2.34. The van der Waals surface area contributed by atoms with E-state index in [0.29, 0.717) is 78.3 Å². The van der Waals surface area contributed by atoms with Crippen LogP contribution in [0.4, 0.5) is 0 Å². The van der Waals surface area contributed by atoms with E-state index in [-0.39, 0.29) is 23.9 Å². The van der Waals surface area contributed by atoms with Crippen molar-refractivity contribution < 1.29 is 38.1 Å². The van der Waals surface area contributed by atoms with Crippen molar-refractivity contribution in [1.82, 2.24) is 14.7 Å². The van der Waals surface area contributed by atoms with Gasteiger partial charge in [-0.2, -0.15) is 0 Å². The minimum absolute atomic E-state index is 0.176. The molecule has 0 radical (unpaired) electrons. The standard InChI is InChI=1S/C55H107N3O8/c1-10-48(5)28-18-14-22-44-63-52(59)32-40-57(41-33-53(60)64-45-23-15-19-29-49(6)11-2)38-26-36-56(9)37-27-39-58(42-34-54(61)65-46-24-16-20-30-50(7)12-3)43-35-55(62)66-47-25-17-21-31-51(8)13-4/h48-51H,10-47H2,1-9H3. The fourth-order valence-electron chi connectivity index (χ4n) is 7.84. The normalized spacial score (nSPS) is 13.5. The van der Waals surface area contributed by atoms with Gasteiger partial charge in [0.2, 0.25) is 0 Å². The Balaban J connectivity index is 5.05. The topological polar surface area (TPSA) is 115 Å². The second-order valence-corrected chi connectivity index (χ2v) is 20.0. The van der Waals surface area contributed by atoms with Crippen LogP contribution in [0.3, 0.4) is 0 Å². The van der Waals surface area contributed by atoms with E-state index >= 15 is 0 Å². The SMILES string of the molecule is CCC(C)CCCCCOC(=O)CCN(CCCN(C)CCCN(CCC(=O)OCCCCCC(C)CC)CCC(=O)OCCCCCC(C)CC)CCC(=O)OCCCCCC(C)CC. The first-order chi connectivity index (χ1) is 31.8. The summed E-state index contributed by atoms with van der Waals surface area (Å²) in [4.78, 5) is 57.5. The minimum Gasteiger partial charge on any atom is -0.466 e. The summed E-state index contributed by atoms with van der Waals surface area (Å²) in [5, 5.41) is 0. The van der Waals surface area contributed by atoms with E-state index < -0.39 is 0 Å². The molecule has 0 N–H and O–H groups in total. The molecular formula is C55H107N3O8. The number of nitrogens with zero attached hydrogens (tertiary/aromatic N) is 3. The van der Waals surface area contributed by atoms with Crippen molar-refractivity contribution in [3.05, 3.63) is 0 Å². The molecule has 4 atom stereocenters. The van der Waals surface area contributed by atoms with Crippen LogP contribution in [-0.2, 0) is 38.1 Å². The largest absolute Gasteiger partial charge is 0.466 e. The van der Waals surface area contributed by atoms with Gasteiger partial charge < -0.3 is 33.6 Å². The van der Waals surface area contributed by atoms with Gasteiger partial charge in [-0.3, -0.25) is 19.2 Å². The third kappa shape index (κ3) is 41.9. The summed E-state index contributed by atoms with van der Waals surface area (Å²) in [6.45, 7) is 25.4. The summed E-state index contributed by atoms with van der Waals surface area (Å²) in [6.07, 6.45) is 25.3. The average molecular weight is 938 g/mol. The molecule has 0 aliphatic carbocycles. The molecule has 0 spiro atoms. The van der Waals surface area contributed by atoms with Gasteiger partial charge in [0.15, 0.2) is 0 Å². The number of esters is 4. The molecule has 0 fully saturated rings. The van der Waals surface area contributed by atoms with Crippen molar-refractivity contribution in [2.45, 2.75) is 222 Å². The highest BCUT2D eigenvalue weighted by atomic mass is 16.5. The molecule has 0 aliphatic rings. The lowest BCUT2D eigenvalue weighted by molar-refractivity contribution is -0.146. The Morgan fingerprint density at radius 2 is 0.576 bits per heavy atom. The van der Waals surface area contributed by atoms with Crippen LogP contribution in [0.1, 0.15) is 222 Å². The van der Waals surface area contributed by atoms with Crippen LogP contribution < -0.4 is 0 Å². The van der Waals surface area contributed by atoms with Crippen molar-refractivity contribution in [3.63, 3.8) is 0 Å². The lowest BCUT2D eigenvalue weighted by Gasteiger charge is -2.25. The minimum atomic E-state index is -0.176. The highest BCUT2D eigenvalue weighted by molar-refractivity contribution is 5.71. The zero-order valence-corrected chi connectivity index (χ0v) is 44.8. The van der Waals surface area contributed by atoms with E-state index in [1.54, 1.807) is 0 Å². The molecule has 0 rings (SSSR count). The molecule has 0 aliphatic heterocycles. The fourth-order valence-corrected chi connectivity index (χ4v) is 7.84. The Kier molecular flexibility index (Phi) is 43.7. The van der Waals surface area contributed by atoms with E-state index in [1.165, 1.54) is 77.0 Å². The van der Waals surface area contributed by atoms with Gasteiger partial charge in [-0.05, 0) is 95.4 Å². The molecule has 0 bridgehead atoms. The maximum absolute atomic E-state index is 12.7. The number of rotatable bonds is 48. The molecule has 0 saturated carbocycles. The Morgan fingerprint density at radius 3 is 0.803 bits per heavy atom. The lowest BCUT2D eigenvalue weighted by atomic mass is 10.0. The molecule has 0 aromatic rings. The number of carbonyl (C=O) groups excluding carboxylic acids is 4. The molecule has 0 aromatic carbocycles. The number of unbranched alkanes of at least 4 members (excludes halogenated alkanes) is 8. The summed E-state index contributed by atoms with van der Waals surface area (Å²) < 4.78 is 22.3. The van der Waals surface area contributed by atoms with Crippen LogP contribution >= 0.6 is 0 Å². The van der Waals surface area contributed by atoms with E-state index in [1.807, 2.05) is 0 Å². The smallest absolute Gasteiger partial charge is 0.307 e.